The van der Waals surface area contributed by atoms with Gasteiger partial charge in [0.05, 0.1) is 27.4 Å². The highest BCUT2D eigenvalue weighted by molar-refractivity contribution is 5.95. The molecule has 1 aliphatic rings. The molecule has 0 aromatic heterocycles. The summed E-state index contributed by atoms with van der Waals surface area (Å²) >= 11 is 0. The van der Waals surface area contributed by atoms with Gasteiger partial charge in [0, 0.05) is 6.54 Å². The van der Waals surface area contributed by atoms with Gasteiger partial charge < -0.3 is 19.1 Å². The van der Waals surface area contributed by atoms with Crippen LogP contribution in [-0.4, -0.2) is 38.7 Å². The summed E-state index contributed by atoms with van der Waals surface area (Å²) in [6, 6.07) is 8.98. The number of fused-ring (bicyclic) bond motifs is 1. The lowest BCUT2D eigenvalue weighted by molar-refractivity contribution is 0.0680. The van der Waals surface area contributed by atoms with E-state index >= 15 is 0 Å². The van der Waals surface area contributed by atoms with Gasteiger partial charge in [-0.3, -0.25) is 4.79 Å². The SMILES string of the molecule is COc1ccc([C@@H]2c3cc(OC)c(OC)cc3CCN2C(=O)c2c(F)c(F)c(F)c(F)c2F)cc1. The standard InChI is InChI=1S/C25H20F5NO4/c1-33-14-6-4-12(5-7-14)24-15-11-17(35-3)16(34-2)10-13(15)8-9-31(24)25(32)18-19(26)21(28)23(30)22(29)20(18)27/h4-7,10-11,24H,8-9H2,1-3H3/t24-/m1/s1. The Morgan fingerprint density at radius 3 is 1.89 bits per heavy atom. The molecule has 1 heterocycles. The van der Waals surface area contributed by atoms with Crippen molar-refractivity contribution in [3.63, 3.8) is 0 Å². The average molecular weight is 493 g/mol. The van der Waals surface area contributed by atoms with Crippen molar-refractivity contribution in [2.75, 3.05) is 27.9 Å². The molecule has 3 aromatic rings. The van der Waals surface area contributed by atoms with Gasteiger partial charge in [-0.1, -0.05) is 12.1 Å². The molecule has 0 aliphatic carbocycles. The third kappa shape index (κ3) is 4.02. The number of ether oxygens (including phenoxy) is 3. The van der Waals surface area contributed by atoms with Crippen molar-refractivity contribution >= 4 is 5.91 Å². The summed E-state index contributed by atoms with van der Waals surface area (Å²) in [5.74, 6) is -11.1. The molecule has 0 saturated heterocycles. The summed E-state index contributed by atoms with van der Waals surface area (Å²) in [5, 5.41) is 0. The van der Waals surface area contributed by atoms with Crippen LogP contribution in [0, 0.1) is 29.1 Å². The molecule has 10 heteroatoms. The average Bonchev–Trinajstić information content (AvgIpc) is 2.89. The summed E-state index contributed by atoms with van der Waals surface area (Å²) in [6.07, 6.45) is 0.240. The fourth-order valence-electron chi connectivity index (χ4n) is 4.25. The molecule has 0 radical (unpaired) electrons. The first-order valence-corrected chi connectivity index (χ1v) is 10.4. The molecule has 4 rings (SSSR count). The van der Waals surface area contributed by atoms with Gasteiger partial charge in [-0.25, -0.2) is 22.0 Å². The van der Waals surface area contributed by atoms with E-state index in [1.54, 1.807) is 36.4 Å². The summed E-state index contributed by atoms with van der Waals surface area (Å²) in [4.78, 5) is 14.4. The predicted octanol–water partition coefficient (Wildman–Crippen LogP) is 5.20. The van der Waals surface area contributed by atoms with E-state index in [-0.39, 0.29) is 13.0 Å². The predicted molar refractivity (Wildman–Crippen MR) is 115 cm³/mol. The zero-order valence-electron chi connectivity index (χ0n) is 18.9. The molecule has 0 fully saturated rings. The Kier molecular flexibility index (Phi) is 6.56. The van der Waals surface area contributed by atoms with Gasteiger partial charge in [0.15, 0.2) is 34.8 Å². The lowest BCUT2D eigenvalue weighted by Gasteiger charge is -2.38. The van der Waals surface area contributed by atoms with E-state index in [4.69, 9.17) is 14.2 Å². The second-order valence-electron chi connectivity index (χ2n) is 7.78. The van der Waals surface area contributed by atoms with Gasteiger partial charge in [-0.2, -0.15) is 0 Å². The first kappa shape index (κ1) is 24.3. The molecule has 1 amide bonds. The molecule has 0 unspecified atom stereocenters. The summed E-state index contributed by atoms with van der Waals surface area (Å²) in [7, 11) is 4.36. The van der Waals surface area contributed by atoms with E-state index in [2.05, 4.69) is 0 Å². The Bertz CT molecular complexity index is 1270. The van der Waals surface area contributed by atoms with Crippen LogP contribution in [-0.2, 0) is 6.42 Å². The van der Waals surface area contributed by atoms with Gasteiger partial charge in [0.2, 0.25) is 5.82 Å². The Balaban J connectivity index is 1.91. The first-order valence-electron chi connectivity index (χ1n) is 10.4. The number of methoxy groups -OCH3 is 3. The molecule has 35 heavy (non-hydrogen) atoms. The number of rotatable bonds is 5. The third-order valence-corrected chi connectivity index (χ3v) is 5.99. The number of halogens is 5. The van der Waals surface area contributed by atoms with E-state index in [0.29, 0.717) is 28.4 Å². The van der Waals surface area contributed by atoms with Crippen LogP contribution in [0.3, 0.4) is 0 Å². The van der Waals surface area contributed by atoms with Gasteiger partial charge in [0.25, 0.3) is 5.91 Å². The monoisotopic (exact) mass is 493 g/mol. The minimum Gasteiger partial charge on any atom is -0.497 e. The van der Waals surface area contributed by atoms with Crippen LogP contribution in [0.25, 0.3) is 0 Å². The van der Waals surface area contributed by atoms with Crippen molar-refractivity contribution in [1.82, 2.24) is 4.90 Å². The largest absolute Gasteiger partial charge is 0.497 e. The Morgan fingerprint density at radius 1 is 0.800 bits per heavy atom. The van der Waals surface area contributed by atoms with Crippen LogP contribution in [0.2, 0.25) is 0 Å². The molecule has 184 valence electrons. The Hall–Kier alpha value is -3.82. The van der Waals surface area contributed by atoms with Crippen LogP contribution in [0.15, 0.2) is 36.4 Å². The number of carbonyl (C=O) groups is 1. The minimum atomic E-state index is -2.33. The van der Waals surface area contributed by atoms with Crippen LogP contribution < -0.4 is 14.2 Å². The smallest absolute Gasteiger partial charge is 0.260 e. The normalized spacial score (nSPS) is 15.0. The van der Waals surface area contributed by atoms with E-state index in [1.165, 1.54) is 21.3 Å². The van der Waals surface area contributed by atoms with Gasteiger partial charge in [-0.15, -0.1) is 0 Å². The molecule has 0 spiro atoms. The fourth-order valence-corrected chi connectivity index (χ4v) is 4.25. The maximum Gasteiger partial charge on any atom is 0.260 e. The number of nitrogens with zero attached hydrogens (tertiary/aromatic N) is 1. The molecule has 0 N–H and O–H groups in total. The fraction of sp³-hybridized carbons (Fsp3) is 0.240. The summed E-state index contributed by atoms with van der Waals surface area (Å²) in [5.41, 5.74) is 0.334. The number of hydrogen-bond donors (Lipinski definition) is 0. The van der Waals surface area contributed by atoms with Crippen LogP contribution in [0.4, 0.5) is 22.0 Å². The highest BCUT2D eigenvalue weighted by atomic mass is 19.2. The van der Waals surface area contributed by atoms with Gasteiger partial charge >= 0.3 is 0 Å². The van der Waals surface area contributed by atoms with Crippen molar-refractivity contribution in [2.24, 2.45) is 0 Å². The van der Waals surface area contributed by atoms with E-state index < -0.39 is 46.6 Å². The molecule has 0 saturated carbocycles. The summed E-state index contributed by atoms with van der Waals surface area (Å²) < 4.78 is 86.3. The second-order valence-corrected chi connectivity index (χ2v) is 7.78. The number of amides is 1. The first-order chi connectivity index (χ1) is 16.7. The lowest BCUT2D eigenvalue weighted by atomic mass is 9.87. The molecule has 3 aromatic carbocycles. The van der Waals surface area contributed by atoms with Crippen molar-refractivity contribution in [2.45, 2.75) is 12.5 Å². The topological polar surface area (TPSA) is 48.0 Å². The number of hydrogen-bond acceptors (Lipinski definition) is 4. The second kappa shape index (κ2) is 9.44. The third-order valence-electron chi connectivity index (χ3n) is 5.99. The van der Waals surface area contributed by atoms with Gasteiger partial charge in [-0.05, 0) is 47.4 Å². The van der Waals surface area contributed by atoms with Crippen molar-refractivity contribution in [3.05, 3.63) is 87.7 Å². The van der Waals surface area contributed by atoms with Crippen LogP contribution in [0.1, 0.15) is 33.1 Å². The van der Waals surface area contributed by atoms with E-state index in [1.807, 2.05) is 0 Å². The quantitative estimate of drug-likeness (QED) is 0.279. The van der Waals surface area contributed by atoms with Crippen molar-refractivity contribution in [1.29, 1.82) is 0 Å². The zero-order valence-corrected chi connectivity index (χ0v) is 18.9. The molecule has 0 bridgehead atoms. The summed E-state index contributed by atoms with van der Waals surface area (Å²) in [6.45, 7) is -0.0580. The molecule has 1 atom stereocenters. The number of carbonyl (C=O) groups excluding carboxylic acids is 1. The zero-order chi connectivity index (χ0) is 25.4. The Labute approximate surface area is 197 Å². The van der Waals surface area contributed by atoms with Crippen molar-refractivity contribution < 1.29 is 41.0 Å². The molecular weight excluding hydrogens is 473 g/mol. The maximum atomic E-state index is 14.5. The maximum absolute atomic E-state index is 14.5. The minimum absolute atomic E-state index is 0.0580. The van der Waals surface area contributed by atoms with E-state index in [0.717, 1.165) is 10.5 Å². The highest BCUT2D eigenvalue weighted by Crippen LogP contribution is 2.42. The van der Waals surface area contributed by atoms with E-state index in [9.17, 15) is 26.7 Å². The van der Waals surface area contributed by atoms with Gasteiger partial charge in [0.1, 0.15) is 11.3 Å². The Morgan fingerprint density at radius 2 is 1.34 bits per heavy atom. The highest BCUT2D eigenvalue weighted by Gasteiger charge is 2.38. The lowest BCUT2D eigenvalue weighted by Crippen LogP contribution is -2.41. The van der Waals surface area contributed by atoms with Crippen LogP contribution in [0.5, 0.6) is 17.2 Å². The van der Waals surface area contributed by atoms with Crippen LogP contribution >= 0.6 is 0 Å². The molecule has 5 nitrogen and oxygen atoms in total. The van der Waals surface area contributed by atoms with Crippen molar-refractivity contribution in [3.8, 4) is 17.2 Å². The molecular formula is C25H20F5NO4. The number of benzene rings is 3. The molecule has 1 aliphatic heterocycles.